The fourth-order valence-corrected chi connectivity index (χ4v) is 2.00. The molecule has 1 aliphatic rings. The summed E-state index contributed by atoms with van der Waals surface area (Å²) >= 11 is 0. The summed E-state index contributed by atoms with van der Waals surface area (Å²) in [6.45, 7) is 2.52. The number of rotatable bonds is 7. The molecule has 0 saturated carbocycles. The first kappa shape index (κ1) is 15.7. The average molecular weight is 268 g/mol. The molecule has 1 unspecified atom stereocenters. The van der Waals surface area contributed by atoms with Crippen LogP contribution >= 0.6 is 0 Å². The molecule has 1 aliphatic heterocycles. The number of unbranched alkanes of at least 4 members (excludes halogenated alkanes) is 5. The first-order valence-corrected chi connectivity index (χ1v) is 7.23. The Balaban J connectivity index is 2.27. The highest BCUT2D eigenvalue weighted by atomic mass is 16.6. The van der Waals surface area contributed by atoms with Crippen LogP contribution in [0.5, 0.6) is 0 Å². The summed E-state index contributed by atoms with van der Waals surface area (Å²) in [6.07, 6.45) is 10.9. The van der Waals surface area contributed by atoms with Crippen LogP contribution in [-0.2, 0) is 19.1 Å². The summed E-state index contributed by atoms with van der Waals surface area (Å²) in [5.41, 5.74) is 0. The van der Waals surface area contributed by atoms with E-state index in [0.717, 1.165) is 12.8 Å². The van der Waals surface area contributed by atoms with Crippen LogP contribution in [0.25, 0.3) is 0 Å². The van der Waals surface area contributed by atoms with E-state index in [-0.39, 0.29) is 31.6 Å². The van der Waals surface area contributed by atoms with Crippen LogP contribution in [-0.4, -0.2) is 25.2 Å². The van der Waals surface area contributed by atoms with Crippen LogP contribution < -0.4 is 0 Å². The number of hydrogen-bond donors (Lipinski definition) is 0. The summed E-state index contributed by atoms with van der Waals surface area (Å²) in [5.74, 6) is -1.13. The first-order chi connectivity index (χ1) is 9.24. The van der Waals surface area contributed by atoms with Crippen LogP contribution in [0.4, 0.5) is 0 Å². The van der Waals surface area contributed by atoms with E-state index in [9.17, 15) is 9.59 Å². The van der Waals surface area contributed by atoms with Crippen LogP contribution in [0.15, 0.2) is 12.2 Å². The normalized spacial score (nSPS) is 20.8. The van der Waals surface area contributed by atoms with Gasteiger partial charge < -0.3 is 9.47 Å². The molecule has 0 N–H and O–H groups in total. The summed E-state index contributed by atoms with van der Waals surface area (Å²) in [7, 11) is 0. The van der Waals surface area contributed by atoms with Crippen molar-refractivity contribution in [2.24, 2.45) is 5.92 Å². The number of esters is 2. The quantitative estimate of drug-likeness (QED) is 0.404. The summed E-state index contributed by atoms with van der Waals surface area (Å²) in [4.78, 5) is 23.0. The lowest BCUT2D eigenvalue weighted by Crippen LogP contribution is -2.26. The van der Waals surface area contributed by atoms with E-state index in [1.54, 1.807) is 6.08 Å². The number of allylic oxidation sites excluding steroid dienone is 1. The Morgan fingerprint density at radius 2 is 1.84 bits per heavy atom. The maximum Gasteiger partial charge on any atom is 0.313 e. The van der Waals surface area contributed by atoms with Gasteiger partial charge in [0.05, 0.1) is 12.3 Å². The zero-order valence-electron chi connectivity index (χ0n) is 11.7. The van der Waals surface area contributed by atoms with Gasteiger partial charge in [0.2, 0.25) is 0 Å². The van der Waals surface area contributed by atoms with E-state index in [0.29, 0.717) is 0 Å². The molecule has 1 heterocycles. The van der Waals surface area contributed by atoms with Gasteiger partial charge in [-0.1, -0.05) is 44.8 Å². The van der Waals surface area contributed by atoms with Crippen molar-refractivity contribution in [1.29, 1.82) is 0 Å². The Bertz CT molecular complexity index is 309. The number of carbonyl (C=O) groups is 2. The molecule has 4 nitrogen and oxygen atoms in total. The molecule has 0 aromatic carbocycles. The third-order valence-corrected chi connectivity index (χ3v) is 3.12. The highest BCUT2D eigenvalue weighted by Gasteiger charge is 2.23. The molecule has 1 fully saturated rings. The summed E-state index contributed by atoms with van der Waals surface area (Å²) < 4.78 is 9.87. The minimum Gasteiger partial charge on any atom is -0.462 e. The zero-order chi connectivity index (χ0) is 13.9. The molecule has 0 amide bonds. The van der Waals surface area contributed by atoms with E-state index >= 15 is 0 Å². The Hall–Kier alpha value is -1.32. The van der Waals surface area contributed by atoms with Crippen molar-refractivity contribution in [3.05, 3.63) is 12.2 Å². The predicted octanol–water partition coefficient (Wildman–Crippen LogP) is 3.01. The molecule has 1 rings (SSSR count). The van der Waals surface area contributed by atoms with Gasteiger partial charge in [-0.2, -0.15) is 0 Å². The highest BCUT2D eigenvalue weighted by molar-refractivity contribution is 5.81. The zero-order valence-corrected chi connectivity index (χ0v) is 11.7. The van der Waals surface area contributed by atoms with Crippen molar-refractivity contribution in [2.75, 3.05) is 13.2 Å². The third kappa shape index (κ3) is 6.99. The second kappa shape index (κ2) is 9.59. The van der Waals surface area contributed by atoms with Crippen LogP contribution in [0, 0.1) is 5.92 Å². The lowest BCUT2D eigenvalue weighted by atomic mass is 10.0. The van der Waals surface area contributed by atoms with Crippen molar-refractivity contribution >= 4 is 11.9 Å². The number of hydrogen-bond acceptors (Lipinski definition) is 4. The van der Waals surface area contributed by atoms with Crippen LogP contribution in [0.3, 0.4) is 0 Å². The van der Waals surface area contributed by atoms with Gasteiger partial charge in [-0.25, -0.2) is 0 Å². The first-order valence-electron chi connectivity index (χ1n) is 7.23. The molecule has 19 heavy (non-hydrogen) atoms. The maximum absolute atomic E-state index is 11.6. The molecular weight excluding hydrogens is 244 g/mol. The largest absolute Gasteiger partial charge is 0.462 e. The van der Waals surface area contributed by atoms with E-state index < -0.39 is 5.92 Å². The van der Waals surface area contributed by atoms with E-state index in [1.165, 1.54) is 25.7 Å². The van der Waals surface area contributed by atoms with Crippen molar-refractivity contribution in [3.8, 4) is 0 Å². The van der Waals surface area contributed by atoms with Gasteiger partial charge in [0, 0.05) is 0 Å². The lowest BCUT2D eigenvalue weighted by molar-refractivity contribution is -0.161. The van der Waals surface area contributed by atoms with Crippen molar-refractivity contribution in [3.63, 3.8) is 0 Å². The minimum atomic E-state index is -0.483. The monoisotopic (exact) mass is 268 g/mol. The van der Waals surface area contributed by atoms with Gasteiger partial charge in [0.25, 0.3) is 0 Å². The molecule has 0 aromatic heterocycles. The van der Waals surface area contributed by atoms with Gasteiger partial charge in [-0.05, 0) is 12.8 Å². The lowest BCUT2D eigenvalue weighted by Gasteiger charge is -2.15. The maximum atomic E-state index is 11.6. The Kier molecular flexibility index (Phi) is 7.94. The van der Waals surface area contributed by atoms with Gasteiger partial charge in [0.1, 0.15) is 13.2 Å². The van der Waals surface area contributed by atoms with Gasteiger partial charge in [-0.3, -0.25) is 9.59 Å². The van der Waals surface area contributed by atoms with E-state index in [1.807, 2.05) is 6.08 Å². The van der Waals surface area contributed by atoms with Crippen molar-refractivity contribution in [1.82, 2.24) is 0 Å². The Morgan fingerprint density at radius 1 is 1.11 bits per heavy atom. The Morgan fingerprint density at radius 3 is 2.63 bits per heavy atom. The topological polar surface area (TPSA) is 52.6 Å². The van der Waals surface area contributed by atoms with Crippen LogP contribution in [0.2, 0.25) is 0 Å². The Labute approximate surface area is 115 Å². The summed E-state index contributed by atoms with van der Waals surface area (Å²) in [6, 6.07) is 0. The molecule has 0 aliphatic carbocycles. The predicted molar refractivity (Wildman–Crippen MR) is 72.5 cm³/mol. The van der Waals surface area contributed by atoms with Crippen molar-refractivity contribution in [2.45, 2.75) is 51.9 Å². The molecule has 0 radical (unpaired) electrons. The molecule has 1 saturated heterocycles. The molecule has 0 spiro atoms. The molecule has 0 bridgehead atoms. The minimum absolute atomic E-state index is 0.0885. The average Bonchev–Trinajstić information content (AvgIpc) is 2.39. The smallest absolute Gasteiger partial charge is 0.313 e. The van der Waals surface area contributed by atoms with E-state index in [4.69, 9.17) is 9.47 Å². The third-order valence-electron chi connectivity index (χ3n) is 3.12. The fraction of sp³-hybridized carbons (Fsp3) is 0.733. The molecular formula is C15H24O4. The van der Waals surface area contributed by atoms with Crippen LogP contribution in [0.1, 0.15) is 51.9 Å². The van der Waals surface area contributed by atoms with Gasteiger partial charge in [-0.15, -0.1) is 0 Å². The highest BCUT2D eigenvalue weighted by Crippen LogP contribution is 2.13. The summed E-state index contributed by atoms with van der Waals surface area (Å²) in [5, 5.41) is 0. The molecule has 108 valence electrons. The van der Waals surface area contributed by atoms with E-state index in [2.05, 4.69) is 6.92 Å². The number of carbonyl (C=O) groups excluding carboxylic acids is 2. The van der Waals surface area contributed by atoms with Crippen molar-refractivity contribution < 1.29 is 19.1 Å². The molecule has 4 heteroatoms. The molecule has 0 aromatic rings. The second-order valence-corrected chi connectivity index (χ2v) is 4.83. The number of cyclic esters (lactones) is 2. The fourth-order valence-electron chi connectivity index (χ4n) is 2.00. The van der Waals surface area contributed by atoms with Gasteiger partial charge >= 0.3 is 11.9 Å². The SMILES string of the molecule is CCCCCCCC=CC1CC(=O)OCCOC1=O. The second-order valence-electron chi connectivity index (χ2n) is 4.83. The number of ether oxygens (including phenoxy) is 2. The van der Waals surface area contributed by atoms with Gasteiger partial charge in [0.15, 0.2) is 0 Å². The standard InChI is InChI=1S/C15H24O4/c1-2-3-4-5-6-7-8-9-13-12-14(16)18-10-11-19-15(13)17/h8-9,13H,2-7,10-12H2,1H3. The molecule has 1 atom stereocenters.